The number of benzene rings is 1. The van der Waals surface area contributed by atoms with Crippen molar-refractivity contribution in [2.75, 3.05) is 26.3 Å². The summed E-state index contributed by atoms with van der Waals surface area (Å²) in [7, 11) is 0. The number of cyclic esters (lactones) is 1. The molecule has 1 aromatic rings. The minimum atomic E-state index is -0.633. The third kappa shape index (κ3) is 9.02. The van der Waals surface area contributed by atoms with Crippen molar-refractivity contribution in [3.8, 4) is 11.5 Å². The van der Waals surface area contributed by atoms with Crippen LogP contribution in [-0.2, 0) is 16.0 Å². The van der Waals surface area contributed by atoms with Crippen molar-refractivity contribution >= 4 is 17.6 Å². The number of likely N-dealkylation sites (tertiary alicyclic amines) is 1. The maximum absolute atomic E-state index is 12.3. The molecule has 1 fully saturated rings. The number of carbonyl (C=O) groups is 2. The van der Waals surface area contributed by atoms with Gasteiger partial charge in [0.25, 0.3) is 0 Å². The number of aromatic hydroxyl groups is 2. The van der Waals surface area contributed by atoms with Crippen LogP contribution >= 0.6 is 0 Å². The summed E-state index contributed by atoms with van der Waals surface area (Å²) >= 11 is 0. The Balaban J connectivity index is 0.000000340. The van der Waals surface area contributed by atoms with Crippen LogP contribution < -0.4 is 0 Å². The zero-order valence-corrected chi connectivity index (χ0v) is 19.8. The van der Waals surface area contributed by atoms with E-state index in [-0.39, 0.29) is 42.6 Å². The first-order chi connectivity index (χ1) is 16.3. The molecular weight excluding hydrogens is 436 g/mol. The Morgan fingerprint density at radius 3 is 2.59 bits per heavy atom. The highest BCUT2D eigenvalue weighted by atomic mass is 16.5. The molecule has 0 saturated carbocycles. The summed E-state index contributed by atoms with van der Waals surface area (Å²) in [5, 5.41) is 36.2. The number of nitrogens with one attached hydrogen (secondary N) is 1. The molecule has 1 saturated heterocycles. The molecule has 2 heterocycles. The zero-order valence-electron chi connectivity index (χ0n) is 19.8. The van der Waals surface area contributed by atoms with Crippen LogP contribution in [0.4, 0.5) is 0 Å². The first-order valence-corrected chi connectivity index (χ1v) is 11.8. The Bertz CT molecular complexity index is 903. The molecule has 1 atom stereocenters. The Morgan fingerprint density at radius 1 is 1.15 bits per heavy atom. The number of carbonyl (C=O) groups excluding carboxylic acids is 2. The second kappa shape index (κ2) is 14.2. The molecule has 2 aliphatic rings. The number of phenolic OH excluding ortho intramolecular Hbond substituents is 2. The van der Waals surface area contributed by atoms with Crippen LogP contribution in [0.3, 0.4) is 0 Å². The number of ether oxygens (including phenoxy) is 1. The van der Waals surface area contributed by atoms with Crippen molar-refractivity contribution in [1.29, 1.82) is 5.41 Å². The molecule has 8 heteroatoms. The second-order valence-corrected chi connectivity index (χ2v) is 8.62. The van der Waals surface area contributed by atoms with Crippen LogP contribution in [0.5, 0.6) is 11.5 Å². The van der Waals surface area contributed by atoms with Gasteiger partial charge in [-0.2, -0.15) is 0 Å². The fourth-order valence-electron chi connectivity index (χ4n) is 3.82. The number of esters is 1. The average molecular weight is 473 g/mol. The standard InChI is InChI=1S/C19H23NO4.C7H13NO2/c1-13-6-3-2-4-9-24-19(23)18-14(10-15(20)8-5-7-13)11-16(21)12-17(18)22;9-6-7(10)8-4-2-1-3-5-8/h3,5-6,8,11-13,20-22H,2,4,7,9-10H2,1H3;9H,1-6H2/b6-3+,8-5+,20-15?;. The molecule has 8 nitrogen and oxygen atoms in total. The zero-order chi connectivity index (χ0) is 24.9. The van der Waals surface area contributed by atoms with E-state index >= 15 is 0 Å². The lowest BCUT2D eigenvalue weighted by molar-refractivity contribution is -0.135. The molecule has 34 heavy (non-hydrogen) atoms. The molecule has 1 amide bonds. The first-order valence-electron chi connectivity index (χ1n) is 11.8. The Hall–Kier alpha value is -3.13. The summed E-state index contributed by atoms with van der Waals surface area (Å²) in [6.45, 7) is 3.69. The predicted octanol–water partition coefficient (Wildman–Crippen LogP) is 3.74. The van der Waals surface area contributed by atoms with E-state index in [9.17, 15) is 19.8 Å². The quantitative estimate of drug-likeness (QED) is 0.364. The van der Waals surface area contributed by atoms with Gasteiger partial charge >= 0.3 is 5.97 Å². The molecule has 2 aliphatic heterocycles. The monoisotopic (exact) mass is 472 g/mol. The SMILES string of the molecule is CC1/C=C/CCCOC(=O)c2c(O)cc(O)cc2CC(=N)/C=C/C1.O=C(CO)N1CCCCC1. The minimum absolute atomic E-state index is 0.0183. The van der Waals surface area contributed by atoms with Gasteiger partial charge in [-0.1, -0.05) is 25.2 Å². The van der Waals surface area contributed by atoms with Gasteiger partial charge < -0.3 is 30.4 Å². The number of amides is 1. The van der Waals surface area contributed by atoms with Crippen molar-refractivity contribution < 1.29 is 29.6 Å². The second-order valence-electron chi connectivity index (χ2n) is 8.62. The maximum Gasteiger partial charge on any atom is 0.342 e. The number of fused-ring (bicyclic) bond motifs is 1. The van der Waals surface area contributed by atoms with Crippen molar-refractivity contribution in [1.82, 2.24) is 4.90 Å². The van der Waals surface area contributed by atoms with Crippen molar-refractivity contribution in [3.63, 3.8) is 0 Å². The Labute approximate surface area is 201 Å². The van der Waals surface area contributed by atoms with Crippen LogP contribution in [0, 0.1) is 11.3 Å². The molecule has 1 unspecified atom stereocenters. The molecule has 0 radical (unpaired) electrons. The van der Waals surface area contributed by atoms with Crippen LogP contribution in [-0.4, -0.2) is 64.1 Å². The number of aliphatic hydroxyl groups excluding tert-OH is 1. The van der Waals surface area contributed by atoms with E-state index in [1.165, 1.54) is 12.5 Å². The summed E-state index contributed by atoms with van der Waals surface area (Å²) in [6.07, 6.45) is 13.7. The van der Waals surface area contributed by atoms with E-state index in [1.54, 1.807) is 11.0 Å². The minimum Gasteiger partial charge on any atom is -0.508 e. The summed E-state index contributed by atoms with van der Waals surface area (Å²) < 4.78 is 5.22. The van der Waals surface area contributed by atoms with Gasteiger partial charge in [0.15, 0.2) is 0 Å². The van der Waals surface area contributed by atoms with Crippen LogP contribution in [0.15, 0.2) is 36.4 Å². The van der Waals surface area contributed by atoms with Crippen molar-refractivity contribution in [2.45, 2.75) is 51.9 Å². The lowest BCUT2D eigenvalue weighted by atomic mass is 9.99. The fourth-order valence-corrected chi connectivity index (χ4v) is 3.82. The third-order valence-corrected chi connectivity index (χ3v) is 5.65. The van der Waals surface area contributed by atoms with Crippen molar-refractivity contribution in [3.05, 3.63) is 47.6 Å². The highest BCUT2D eigenvalue weighted by Crippen LogP contribution is 2.29. The summed E-state index contributed by atoms with van der Waals surface area (Å²) in [6, 6.07) is 2.50. The van der Waals surface area contributed by atoms with E-state index in [4.69, 9.17) is 15.3 Å². The Morgan fingerprint density at radius 2 is 1.88 bits per heavy atom. The lowest BCUT2D eigenvalue weighted by Crippen LogP contribution is -2.37. The van der Waals surface area contributed by atoms with Crippen LogP contribution in [0.2, 0.25) is 0 Å². The van der Waals surface area contributed by atoms with Gasteiger partial charge in [-0.25, -0.2) is 4.79 Å². The predicted molar refractivity (Wildman–Crippen MR) is 130 cm³/mol. The smallest absolute Gasteiger partial charge is 0.342 e. The fraction of sp³-hybridized carbons (Fsp3) is 0.500. The normalized spacial score (nSPS) is 21.6. The van der Waals surface area contributed by atoms with Gasteiger partial charge in [-0.3, -0.25) is 4.79 Å². The molecule has 186 valence electrons. The molecule has 4 N–H and O–H groups in total. The van der Waals surface area contributed by atoms with E-state index < -0.39 is 5.97 Å². The lowest BCUT2D eigenvalue weighted by Gasteiger charge is -2.25. The summed E-state index contributed by atoms with van der Waals surface area (Å²) in [5.74, 6) is -0.857. The number of rotatable bonds is 1. The van der Waals surface area contributed by atoms with E-state index in [2.05, 4.69) is 19.1 Å². The maximum atomic E-state index is 12.3. The topological polar surface area (TPSA) is 131 Å². The number of nitrogens with zero attached hydrogens (tertiary/aromatic N) is 1. The molecule has 3 rings (SSSR count). The van der Waals surface area contributed by atoms with Gasteiger partial charge in [-0.05, 0) is 62.1 Å². The number of allylic oxidation sites excluding steroid dienone is 4. The van der Waals surface area contributed by atoms with Gasteiger partial charge in [0, 0.05) is 31.3 Å². The van der Waals surface area contributed by atoms with E-state index in [1.807, 2.05) is 6.08 Å². The van der Waals surface area contributed by atoms with Gasteiger partial charge in [0.2, 0.25) is 5.91 Å². The van der Waals surface area contributed by atoms with Crippen LogP contribution in [0.1, 0.15) is 61.4 Å². The van der Waals surface area contributed by atoms with Crippen LogP contribution in [0.25, 0.3) is 0 Å². The highest BCUT2D eigenvalue weighted by Gasteiger charge is 2.20. The number of aliphatic hydroxyl groups is 1. The van der Waals surface area contributed by atoms with Gasteiger partial charge in [-0.15, -0.1) is 0 Å². The largest absolute Gasteiger partial charge is 0.508 e. The number of hydrogen-bond acceptors (Lipinski definition) is 7. The summed E-state index contributed by atoms with van der Waals surface area (Å²) in [4.78, 5) is 24.8. The number of hydrogen-bond donors (Lipinski definition) is 4. The van der Waals surface area contributed by atoms with Gasteiger partial charge in [0.1, 0.15) is 23.7 Å². The van der Waals surface area contributed by atoms with Crippen molar-refractivity contribution in [2.24, 2.45) is 5.92 Å². The molecular formula is C26H36N2O6. The van der Waals surface area contributed by atoms with Gasteiger partial charge in [0.05, 0.1) is 6.61 Å². The average Bonchev–Trinajstić information content (AvgIpc) is 2.81. The molecule has 0 spiro atoms. The molecule has 1 aromatic carbocycles. The molecule has 0 bridgehead atoms. The number of piperidine rings is 1. The van der Waals surface area contributed by atoms with E-state index in [0.717, 1.165) is 44.8 Å². The molecule has 0 aliphatic carbocycles. The third-order valence-electron chi connectivity index (χ3n) is 5.65. The first kappa shape index (κ1) is 27.1. The molecule has 0 aromatic heterocycles. The summed E-state index contributed by atoms with van der Waals surface area (Å²) in [5.41, 5.74) is 0.693. The highest BCUT2D eigenvalue weighted by molar-refractivity contribution is 5.99. The van der Waals surface area contributed by atoms with E-state index in [0.29, 0.717) is 23.6 Å². The Kier molecular flexibility index (Phi) is 11.3. The number of phenols is 2.